The lowest BCUT2D eigenvalue weighted by molar-refractivity contribution is 0.360. The van der Waals surface area contributed by atoms with Gasteiger partial charge >= 0.3 is 0 Å². The molecule has 0 aromatic heterocycles. The summed E-state index contributed by atoms with van der Waals surface area (Å²) in [4.78, 5) is 0. The van der Waals surface area contributed by atoms with Gasteiger partial charge in [0.05, 0.1) is 10.0 Å². The highest BCUT2D eigenvalue weighted by Gasteiger charge is 2.23. The molecule has 2 rings (SSSR count). The van der Waals surface area contributed by atoms with Crippen molar-refractivity contribution in [2.24, 2.45) is 5.92 Å². The summed E-state index contributed by atoms with van der Waals surface area (Å²) in [5.41, 5.74) is 1.17. The van der Waals surface area contributed by atoms with Gasteiger partial charge in [0.15, 0.2) is 0 Å². The van der Waals surface area contributed by atoms with Crippen molar-refractivity contribution in [3.8, 4) is 0 Å². The van der Waals surface area contributed by atoms with Crippen LogP contribution in [0.3, 0.4) is 0 Å². The molecule has 0 heterocycles. The van der Waals surface area contributed by atoms with Crippen LogP contribution in [0.5, 0.6) is 0 Å². The van der Waals surface area contributed by atoms with Gasteiger partial charge < -0.3 is 5.32 Å². The molecule has 3 heteroatoms. The summed E-state index contributed by atoms with van der Waals surface area (Å²) >= 11 is 12.3. The number of benzene rings is 1. The van der Waals surface area contributed by atoms with Crippen molar-refractivity contribution in [3.63, 3.8) is 0 Å². The first-order chi connectivity index (χ1) is 8.72. The molecule has 1 nitrogen and oxygen atoms in total. The minimum absolute atomic E-state index is 0.613. The van der Waals surface area contributed by atoms with Crippen molar-refractivity contribution < 1.29 is 0 Å². The number of aryl methyl sites for hydroxylation is 1. The second kappa shape index (κ2) is 6.79. The number of hydrogen-bond acceptors (Lipinski definition) is 1. The molecule has 100 valence electrons. The van der Waals surface area contributed by atoms with E-state index in [0.29, 0.717) is 11.1 Å². The van der Waals surface area contributed by atoms with Crippen LogP contribution >= 0.6 is 23.2 Å². The predicted octanol–water partition coefficient (Wildman–Crippen LogP) is 4.70. The van der Waals surface area contributed by atoms with Gasteiger partial charge in [0.1, 0.15) is 0 Å². The molecule has 1 fully saturated rings. The molecule has 0 radical (unpaired) electrons. The zero-order chi connectivity index (χ0) is 13.0. The molecule has 0 saturated heterocycles. The van der Waals surface area contributed by atoms with Gasteiger partial charge in [-0.15, -0.1) is 0 Å². The number of hydrogen-bond donors (Lipinski definition) is 1. The van der Waals surface area contributed by atoms with Crippen molar-refractivity contribution in [3.05, 3.63) is 33.8 Å². The summed E-state index contributed by atoms with van der Waals surface area (Å²) in [7, 11) is 2.07. The molecule has 0 spiro atoms. The van der Waals surface area contributed by atoms with Crippen molar-refractivity contribution >= 4 is 23.2 Å². The van der Waals surface area contributed by atoms with Gasteiger partial charge in [-0.05, 0) is 50.3 Å². The third kappa shape index (κ3) is 3.40. The maximum absolute atomic E-state index is 6.23. The van der Waals surface area contributed by atoms with Gasteiger partial charge in [0.25, 0.3) is 0 Å². The minimum Gasteiger partial charge on any atom is -0.317 e. The SMILES string of the molecule is CNC(CCc1cccc(Cl)c1Cl)C1CCCC1. The maximum Gasteiger partial charge on any atom is 0.0624 e. The average Bonchev–Trinajstić information content (AvgIpc) is 2.89. The zero-order valence-corrected chi connectivity index (χ0v) is 12.4. The Balaban J connectivity index is 1.94. The molecule has 1 unspecified atom stereocenters. The molecular weight excluding hydrogens is 265 g/mol. The Labute approximate surface area is 120 Å². The van der Waals surface area contributed by atoms with E-state index in [1.807, 2.05) is 12.1 Å². The minimum atomic E-state index is 0.613. The van der Waals surface area contributed by atoms with E-state index in [9.17, 15) is 0 Å². The fourth-order valence-electron chi connectivity index (χ4n) is 3.03. The van der Waals surface area contributed by atoms with Crippen LogP contribution in [0.2, 0.25) is 10.0 Å². The molecule has 1 aliphatic carbocycles. The molecule has 1 aliphatic rings. The van der Waals surface area contributed by atoms with Crippen LogP contribution in [-0.4, -0.2) is 13.1 Å². The lowest BCUT2D eigenvalue weighted by atomic mass is 9.92. The standard InChI is InChI=1S/C15H21Cl2N/c1-18-14(11-5-2-3-6-11)10-9-12-7-4-8-13(16)15(12)17/h4,7-8,11,14,18H,2-3,5-6,9-10H2,1H3. The van der Waals surface area contributed by atoms with Crippen LogP contribution in [0, 0.1) is 5.92 Å². The number of halogens is 2. The topological polar surface area (TPSA) is 12.0 Å². The van der Waals surface area contributed by atoms with E-state index in [0.717, 1.165) is 23.8 Å². The van der Waals surface area contributed by atoms with Gasteiger partial charge in [0.2, 0.25) is 0 Å². The Morgan fingerprint density at radius 1 is 1.28 bits per heavy atom. The van der Waals surface area contributed by atoms with E-state index < -0.39 is 0 Å². The predicted molar refractivity (Wildman–Crippen MR) is 79.6 cm³/mol. The van der Waals surface area contributed by atoms with E-state index in [-0.39, 0.29) is 0 Å². The summed E-state index contributed by atoms with van der Waals surface area (Å²) in [6, 6.07) is 6.52. The third-order valence-electron chi connectivity index (χ3n) is 4.10. The van der Waals surface area contributed by atoms with E-state index in [1.165, 1.54) is 31.2 Å². The van der Waals surface area contributed by atoms with Gasteiger partial charge in [-0.25, -0.2) is 0 Å². The van der Waals surface area contributed by atoms with Crippen molar-refractivity contribution in [1.82, 2.24) is 5.32 Å². The molecular formula is C15H21Cl2N. The summed E-state index contributed by atoms with van der Waals surface area (Å²) < 4.78 is 0. The van der Waals surface area contributed by atoms with Crippen molar-refractivity contribution in [1.29, 1.82) is 0 Å². The van der Waals surface area contributed by atoms with Crippen LogP contribution in [0.4, 0.5) is 0 Å². The number of nitrogens with one attached hydrogen (secondary N) is 1. The molecule has 18 heavy (non-hydrogen) atoms. The Kier molecular flexibility index (Phi) is 5.35. The molecule has 0 aliphatic heterocycles. The first kappa shape index (κ1) is 14.2. The Morgan fingerprint density at radius 3 is 2.67 bits per heavy atom. The van der Waals surface area contributed by atoms with Gasteiger partial charge in [-0.1, -0.05) is 48.2 Å². The largest absolute Gasteiger partial charge is 0.317 e. The monoisotopic (exact) mass is 285 g/mol. The normalized spacial score (nSPS) is 18.2. The van der Waals surface area contributed by atoms with E-state index in [1.54, 1.807) is 0 Å². The Morgan fingerprint density at radius 2 is 2.00 bits per heavy atom. The second-order valence-electron chi connectivity index (χ2n) is 5.19. The molecule has 1 N–H and O–H groups in total. The van der Waals surface area contributed by atoms with Crippen molar-refractivity contribution in [2.45, 2.75) is 44.6 Å². The summed E-state index contributed by atoms with van der Waals surface area (Å²) in [5.74, 6) is 0.841. The van der Waals surface area contributed by atoms with Gasteiger partial charge in [-0.2, -0.15) is 0 Å². The molecule has 1 saturated carbocycles. The lowest BCUT2D eigenvalue weighted by Gasteiger charge is -2.23. The first-order valence-electron chi connectivity index (χ1n) is 6.82. The van der Waals surface area contributed by atoms with Crippen LogP contribution in [0.15, 0.2) is 18.2 Å². The number of rotatable bonds is 5. The summed E-state index contributed by atoms with van der Waals surface area (Å²) in [6.07, 6.45) is 7.66. The molecule has 0 amide bonds. The third-order valence-corrected chi connectivity index (χ3v) is 4.95. The van der Waals surface area contributed by atoms with Crippen LogP contribution in [0.1, 0.15) is 37.7 Å². The highest BCUT2D eigenvalue weighted by atomic mass is 35.5. The van der Waals surface area contributed by atoms with E-state index >= 15 is 0 Å². The molecule has 0 bridgehead atoms. The van der Waals surface area contributed by atoms with Crippen LogP contribution < -0.4 is 5.32 Å². The van der Waals surface area contributed by atoms with Gasteiger partial charge in [0, 0.05) is 6.04 Å². The maximum atomic E-state index is 6.23. The van der Waals surface area contributed by atoms with E-state index in [4.69, 9.17) is 23.2 Å². The highest BCUT2D eigenvalue weighted by molar-refractivity contribution is 6.42. The Hall–Kier alpha value is -0.240. The lowest BCUT2D eigenvalue weighted by Crippen LogP contribution is -2.32. The second-order valence-corrected chi connectivity index (χ2v) is 5.98. The fraction of sp³-hybridized carbons (Fsp3) is 0.600. The Bertz CT molecular complexity index is 386. The highest BCUT2D eigenvalue weighted by Crippen LogP contribution is 2.31. The molecule has 1 atom stereocenters. The summed E-state index contributed by atoms with van der Waals surface area (Å²) in [5, 5.41) is 4.86. The first-order valence-corrected chi connectivity index (χ1v) is 7.58. The quantitative estimate of drug-likeness (QED) is 0.827. The summed E-state index contributed by atoms with van der Waals surface area (Å²) in [6.45, 7) is 0. The molecule has 1 aromatic rings. The van der Waals surface area contributed by atoms with Crippen molar-refractivity contribution in [2.75, 3.05) is 7.05 Å². The molecule has 1 aromatic carbocycles. The van der Waals surface area contributed by atoms with E-state index in [2.05, 4.69) is 18.4 Å². The smallest absolute Gasteiger partial charge is 0.0624 e. The fourth-order valence-corrected chi connectivity index (χ4v) is 3.44. The zero-order valence-electron chi connectivity index (χ0n) is 10.9. The average molecular weight is 286 g/mol. The van der Waals surface area contributed by atoms with Gasteiger partial charge in [-0.3, -0.25) is 0 Å². The van der Waals surface area contributed by atoms with Crippen LogP contribution in [0.25, 0.3) is 0 Å². The van der Waals surface area contributed by atoms with Crippen LogP contribution in [-0.2, 0) is 6.42 Å².